The third-order valence-corrected chi connectivity index (χ3v) is 4.37. The third kappa shape index (κ3) is 3.06. The van der Waals surface area contributed by atoms with E-state index in [1.54, 1.807) is 0 Å². The predicted octanol–water partition coefficient (Wildman–Crippen LogP) is 2.24. The fraction of sp³-hybridized carbons (Fsp3) is 0.353. The number of imide groups is 1. The van der Waals surface area contributed by atoms with Crippen molar-refractivity contribution >= 4 is 23.4 Å². The Morgan fingerprint density at radius 3 is 2.33 bits per heavy atom. The average molecular weight is 334 g/mol. The lowest BCUT2D eigenvalue weighted by molar-refractivity contribution is -0.140. The zero-order chi connectivity index (χ0) is 17.3. The van der Waals surface area contributed by atoms with Gasteiger partial charge in [0.15, 0.2) is 0 Å². The molecule has 126 valence electrons. The highest BCUT2D eigenvalue weighted by molar-refractivity contribution is 6.05. The molecule has 0 bridgehead atoms. The van der Waals surface area contributed by atoms with Crippen molar-refractivity contribution in [1.29, 1.82) is 0 Å². The van der Waals surface area contributed by atoms with Crippen LogP contribution in [0.2, 0.25) is 0 Å². The molecular formula is C17H16F2N2O3. The molecule has 1 fully saturated rings. The molecule has 1 aliphatic carbocycles. The zero-order valence-corrected chi connectivity index (χ0v) is 12.8. The molecule has 0 spiro atoms. The van der Waals surface area contributed by atoms with Crippen LogP contribution in [0.15, 0.2) is 30.4 Å². The van der Waals surface area contributed by atoms with Gasteiger partial charge in [-0.05, 0) is 25.0 Å². The molecule has 0 unspecified atom stereocenters. The molecule has 0 aromatic heterocycles. The van der Waals surface area contributed by atoms with E-state index < -0.39 is 17.5 Å². The van der Waals surface area contributed by atoms with E-state index in [9.17, 15) is 23.2 Å². The number of hydrogen-bond donors (Lipinski definition) is 1. The van der Waals surface area contributed by atoms with E-state index in [-0.39, 0.29) is 42.3 Å². The summed E-state index contributed by atoms with van der Waals surface area (Å²) in [7, 11) is 0. The van der Waals surface area contributed by atoms with Crippen LogP contribution < -0.4 is 5.32 Å². The first kappa shape index (κ1) is 16.3. The fourth-order valence-corrected chi connectivity index (χ4v) is 3.11. The topological polar surface area (TPSA) is 66.5 Å². The number of carbonyl (C=O) groups is 3. The second-order valence-corrected chi connectivity index (χ2v) is 5.91. The Bertz CT molecular complexity index is 707. The number of carbonyl (C=O) groups excluding carboxylic acids is 3. The summed E-state index contributed by atoms with van der Waals surface area (Å²) in [6.45, 7) is -0.0423. The molecule has 1 N–H and O–H groups in total. The highest BCUT2D eigenvalue weighted by atomic mass is 19.1. The number of halogens is 2. The quantitative estimate of drug-likeness (QED) is 0.678. The Hall–Kier alpha value is -2.57. The van der Waals surface area contributed by atoms with E-state index in [2.05, 4.69) is 5.32 Å². The summed E-state index contributed by atoms with van der Waals surface area (Å²) >= 11 is 0. The van der Waals surface area contributed by atoms with Gasteiger partial charge in [-0.15, -0.1) is 0 Å². The Morgan fingerprint density at radius 2 is 1.75 bits per heavy atom. The smallest absolute Gasteiger partial charge is 0.233 e. The van der Waals surface area contributed by atoms with E-state index in [4.69, 9.17) is 0 Å². The lowest BCUT2D eigenvalue weighted by Gasteiger charge is -2.14. The molecule has 1 saturated heterocycles. The van der Waals surface area contributed by atoms with E-state index in [0.29, 0.717) is 18.9 Å². The predicted molar refractivity (Wildman–Crippen MR) is 81.7 cm³/mol. The van der Waals surface area contributed by atoms with Crippen molar-refractivity contribution in [1.82, 2.24) is 4.90 Å². The van der Waals surface area contributed by atoms with Gasteiger partial charge in [0, 0.05) is 19.0 Å². The highest BCUT2D eigenvalue weighted by Crippen LogP contribution is 2.35. The number of likely N-dealkylation sites (tertiary alicyclic amines) is 1. The number of amides is 3. The Kier molecular flexibility index (Phi) is 4.42. The van der Waals surface area contributed by atoms with Gasteiger partial charge >= 0.3 is 0 Å². The molecule has 5 nitrogen and oxygen atoms in total. The zero-order valence-electron chi connectivity index (χ0n) is 12.8. The van der Waals surface area contributed by atoms with Crippen LogP contribution in [-0.4, -0.2) is 29.2 Å². The number of hydrogen-bond acceptors (Lipinski definition) is 3. The van der Waals surface area contributed by atoms with Crippen molar-refractivity contribution in [3.63, 3.8) is 0 Å². The number of nitrogens with zero attached hydrogens (tertiary/aromatic N) is 1. The number of nitrogens with one attached hydrogen (secondary N) is 1. The highest BCUT2D eigenvalue weighted by Gasteiger charge is 2.46. The summed E-state index contributed by atoms with van der Waals surface area (Å²) in [5.41, 5.74) is -0.140. The van der Waals surface area contributed by atoms with E-state index in [0.717, 1.165) is 17.0 Å². The van der Waals surface area contributed by atoms with Crippen LogP contribution in [0.1, 0.15) is 19.3 Å². The van der Waals surface area contributed by atoms with Gasteiger partial charge in [0.2, 0.25) is 17.7 Å². The Morgan fingerprint density at radius 1 is 1.12 bits per heavy atom. The molecule has 0 saturated carbocycles. The molecule has 3 rings (SSSR count). The van der Waals surface area contributed by atoms with Gasteiger partial charge in [-0.1, -0.05) is 12.2 Å². The molecule has 1 aromatic rings. The van der Waals surface area contributed by atoms with Crippen molar-refractivity contribution in [2.45, 2.75) is 19.3 Å². The van der Waals surface area contributed by atoms with E-state index in [1.165, 1.54) is 0 Å². The van der Waals surface area contributed by atoms with Crippen molar-refractivity contribution in [3.05, 3.63) is 42.0 Å². The summed E-state index contributed by atoms with van der Waals surface area (Å²) in [6.07, 6.45) is 4.72. The van der Waals surface area contributed by atoms with Crippen molar-refractivity contribution in [2.75, 3.05) is 11.9 Å². The maximum Gasteiger partial charge on any atom is 0.233 e. The maximum absolute atomic E-state index is 13.5. The van der Waals surface area contributed by atoms with Crippen LogP contribution in [0.25, 0.3) is 0 Å². The summed E-state index contributed by atoms with van der Waals surface area (Å²) in [5, 5.41) is 2.31. The van der Waals surface area contributed by atoms with E-state index in [1.807, 2.05) is 12.2 Å². The Labute approximate surface area is 137 Å². The number of rotatable bonds is 4. The van der Waals surface area contributed by atoms with Gasteiger partial charge in [0.1, 0.15) is 11.6 Å². The normalized spacial score (nSPS) is 22.7. The summed E-state index contributed by atoms with van der Waals surface area (Å²) in [4.78, 5) is 37.5. The van der Waals surface area contributed by atoms with Gasteiger partial charge < -0.3 is 5.32 Å². The van der Waals surface area contributed by atoms with Gasteiger partial charge in [0.25, 0.3) is 0 Å². The van der Waals surface area contributed by atoms with Crippen LogP contribution >= 0.6 is 0 Å². The second-order valence-electron chi connectivity index (χ2n) is 5.91. The van der Waals surface area contributed by atoms with Crippen LogP contribution in [0, 0.1) is 23.5 Å². The molecule has 7 heteroatoms. The Balaban J connectivity index is 1.58. The molecule has 1 heterocycles. The minimum Gasteiger partial charge on any atom is -0.324 e. The first-order valence-corrected chi connectivity index (χ1v) is 7.72. The number of allylic oxidation sites excluding steroid dienone is 2. The van der Waals surface area contributed by atoms with Crippen LogP contribution in [0.4, 0.5) is 14.5 Å². The lowest BCUT2D eigenvalue weighted by Crippen LogP contribution is -2.34. The monoisotopic (exact) mass is 334 g/mol. The number of fused-ring (bicyclic) bond motifs is 1. The second kappa shape index (κ2) is 6.51. The minimum atomic E-state index is -0.881. The third-order valence-electron chi connectivity index (χ3n) is 4.37. The number of benzene rings is 1. The van der Waals surface area contributed by atoms with Gasteiger partial charge in [-0.25, -0.2) is 8.78 Å². The summed E-state index contributed by atoms with van der Waals surface area (Å²) in [5.74, 6) is -3.34. The van der Waals surface area contributed by atoms with Gasteiger partial charge in [0.05, 0.1) is 17.5 Å². The van der Waals surface area contributed by atoms with Gasteiger partial charge in [-0.2, -0.15) is 0 Å². The first-order chi connectivity index (χ1) is 11.5. The lowest BCUT2D eigenvalue weighted by atomic mass is 9.85. The van der Waals surface area contributed by atoms with Crippen molar-refractivity contribution in [2.24, 2.45) is 11.8 Å². The molecule has 24 heavy (non-hydrogen) atoms. The summed E-state index contributed by atoms with van der Waals surface area (Å²) < 4.78 is 26.3. The first-order valence-electron chi connectivity index (χ1n) is 7.72. The number of anilines is 1. The van der Waals surface area contributed by atoms with Crippen LogP contribution in [0.3, 0.4) is 0 Å². The standard InChI is InChI=1S/C17H16F2N2O3/c18-10-5-6-14(13(19)9-10)20-15(22)7-8-21-16(23)11-3-1-2-4-12(11)17(21)24/h1-2,5-6,9,11-12H,3-4,7-8H2,(H,20,22)/t11-,12-/m1/s1. The van der Waals surface area contributed by atoms with Crippen molar-refractivity contribution < 1.29 is 23.2 Å². The van der Waals surface area contributed by atoms with Crippen molar-refractivity contribution in [3.8, 4) is 0 Å². The fourth-order valence-electron chi connectivity index (χ4n) is 3.11. The minimum absolute atomic E-state index is 0.0423. The molecule has 2 aliphatic rings. The maximum atomic E-state index is 13.5. The van der Waals surface area contributed by atoms with Crippen LogP contribution in [-0.2, 0) is 14.4 Å². The largest absolute Gasteiger partial charge is 0.324 e. The average Bonchev–Trinajstić information content (AvgIpc) is 2.80. The van der Waals surface area contributed by atoms with Crippen LogP contribution in [0.5, 0.6) is 0 Å². The molecule has 1 aliphatic heterocycles. The molecule has 3 amide bonds. The molecular weight excluding hydrogens is 318 g/mol. The molecule has 0 radical (unpaired) electrons. The molecule has 2 atom stereocenters. The SMILES string of the molecule is O=C(CCN1C(=O)[C@@H]2CC=CC[C@H]2C1=O)Nc1ccc(F)cc1F. The van der Waals surface area contributed by atoms with E-state index >= 15 is 0 Å². The molecule has 1 aromatic carbocycles. The summed E-state index contributed by atoms with van der Waals surface area (Å²) in [6, 6.07) is 2.82. The van der Waals surface area contributed by atoms with Gasteiger partial charge in [-0.3, -0.25) is 19.3 Å².